The molecule has 0 radical (unpaired) electrons. The topological polar surface area (TPSA) is 113 Å². The van der Waals surface area contributed by atoms with Crippen LogP contribution in [0.2, 0.25) is 5.02 Å². The van der Waals surface area contributed by atoms with Crippen molar-refractivity contribution < 1.29 is 14.3 Å². The molecule has 9 nitrogen and oxygen atoms in total. The average Bonchev–Trinajstić information content (AvgIpc) is 3.59. The number of halogens is 1. The van der Waals surface area contributed by atoms with Gasteiger partial charge < -0.3 is 20.4 Å². The highest BCUT2D eigenvalue weighted by atomic mass is 35.5. The summed E-state index contributed by atoms with van der Waals surface area (Å²) in [5.41, 5.74) is 3.48. The van der Waals surface area contributed by atoms with E-state index in [4.69, 9.17) is 16.3 Å². The van der Waals surface area contributed by atoms with Crippen molar-refractivity contribution in [3.8, 4) is 17.1 Å². The maximum absolute atomic E-state index is 13.2. The quantitative estimate of drug-likeness (QED) is 0.0987. The molecule has 10 heteroatoms. The molecule has 0 atom stereocenters. The number of hydrogen-bond acceptors (Lipinski definition) is 5. The van der Waals surface area contributed by atoms with Gasteiger partial charge in [-0.1, -0.05) is 104 Å². The third-order valence-electron chi connectivity index (χ3n) is 8.11. The number of carbonyl (C=O) groups is 2. The number of rotatable bonds is 17. The molecule has 3 N–H and O–H groups in total. The molecule has 4 rings (SSSR count). The monoisotopic (exact) mass is 648 g/mol. The van der Waals surface area contributed by atoms with E-state index in [-0.39, 0.29) is 17.2 Å². The summed E-state index contributed by atoms with van der Waals surface area (Å²) in [7, 11) is 1.55. The van der Waals surface area contributed by atoms with E-state index in [1.165, 1.54) is 62.4 Å². The number of anilines is 2. The van der Waals surface area contributed by atoms with Crippen LogP contribution in [0.15, 0.2) is 42.5 Å². The Morgan fingerprint density at radius 3 is 2.09 bits per heavy atom. The molecule has 0 fully saturated rings. The number of nitrogens with one attached hydrogen (secondary N) is 3. The third kappa shape index (κ3) is 9.58. The molecule has 0 aliphatic carbocycles. The van der Waals surface area contributed by atoms with Crippen LogP contribution in [0.4, 0.5) is 11.4 Å². The zero-order valence-corrected chi connectivity index (χ0v) is 28.7. The molecule has 0 bridgehead atoms. The van der Waals surface area contributed by atoms with Gasteiger partial charge in [0.2, 0.25) is 5.91 Å². The second kappa shape index (κ2) is 16.6. The molecule has 0 aliphatic rings. The minimum atomic E-state index is -0.304. The first-order valence-electron chi connectivity index (χ1n) is 16.7. The van der Waals surface area contributed by atoms with Crippen molar-refractivity contribution in [3.05, 3.63) is 58.7 Å². The highest BCUT2D eigenvalue weighted by molar-refractivity contribution is 6.34. The van der Waals surface area contributed by atoms with E-state index in [1.54, 1.807) is 43.5 Å². The third-order valence-corrected chi connectivity index (χ3v) is 8.47. The highest BCUT2D eigenvalue weighted by Gasteiger charge is 2.25. The maximum atomic E-state index is 13.2. The number of fused-ring (bicyclic) bond motifs is 1. The Hall–Kier alpha value is -3.85. The Morgan fingerprint density at radius 2 is 1.50 bits per heavy atom. The number of unbranched alkanes of at least 4 members (excludes halogenated alkanes) is 10. The second-order valence-corrected chi connectivity index (χ2v) is 13.4. The first-order valence-corrected chi connectivity index (χ1v) is 17.0. The van der Waals surface area contributed by atoms with Gasteiger partial charge in [0.25, 0.3) is 5.91 Å². The van der Waals surface area contributed by atoms with Gasteiger partial charge in [-0.05, 0) is 48.9 Å². The molecule has 248 valence electrons. The highest BCUT2D eigenvalue weighted by Crippen LogP contribution is 2.34. The van der Waals surface area contributed by atoms with E-state index in [0.29, 0.717) is 45.6 Å². The van der Waals surface area contributed by atoms with Crippen LogP contribution in [0, 0.1) is 0 Å². The van der Waals surface area contributed by atoms with Crippen molar-refractivity contribution >= 4 is 40.4 Å². The van der Waals surface area contributed by atoms with E-state index in [0.717, 1.165) is 24.1 Å². The number of carbonyl (C=O) groups excluding carboxylic acids is 2. The van der Waals surface area contributed by atoms with Crippen LogP contribution >= 0.6 is 11.6 Å². The summed E-state index contributed by atoms with van der Waals surface area (Å²) in [6.07, 6.45) is 14.2. The van der Waals surface area contributed by atoms with Crippen LogP contribution in [-0.2, 0) is 10.2 Å². The lowest BCUT2D eigenvalue weighted by atomic mass is 9.92. The van der Waals surface area contributed by atoms with E-state index in [1.807, 2.05) is 26.8 Å². The van der Waals surface area contributed by atoms with E-state index >= 15 is 0 Å². The van der Waals surface area contributed by atoms with Crippen LogP contribution in [0.3, 0.4) is 0 Å². The molecule has 0 saturated carbocycles. The molecule has 0 saturated heterocycles. The maximum Gasteiger partial charge on any atom is 0.255 e. The van der Waals surface area contributed by atoms with Crippen LogP contribution < -0.4 is 15.4 Å². The Kier molecular flexibility index (Phi) is 12.7. The molecule has 46 heavy (non-hydrogen) atoms. The fourth-order valence-electron chi connectivity index (χ4n) is 5.43. The SMILES string of the molecule is CCCCCCCCCCCCCC(=O)Nc1ccc(C(=O)Nc2cc(-c3nn4nc(C(C)(C)C)c(Cl)c4[nH]3)ccc2OC)cc1. The Labute approximate surface area is 277 Å². The Morgan fingerprint density at radius 1 is 0.870 bits per heavy atom. The van der Waals surface area contributed by atoms with Crippen LogP contribution in [0.5, 0.6) is 5.75 Å². The molecular weight excluding hydrogens is 600 g/mol. The summed E-state index contributed by atoms with van der Waals surface area (Å²) in [6, 6.07) is 12.3. The number of ether oxygens (including phenoxy) is 1. The molecule has 2 aromatic carbocycles. The van der Waals surface area contributed by atoms with Gasteiger partial charge in [-0.3, -0.25) is 9.59 Å². The summed E-state index contributed by atoms with van der Waals surface area (Å²) >= 11 is 6.60. The molecule has 4 aromatic rings. The van der Waals surface area contributed by atoms with Gasteiger partial charge in [0.1, 0.15) is 10.8 Å². The molecule has 2 aromatic heterocycles. The lowest BCUT2D eigenvalue weighted by molar-refractivity contribution is -0.116. The van der Waals surface area contributed by atoms with Gasteiger partial charge in [0.15, 0.2) is 11.5 Å². The minimum absolute atomic E-state index is 0.00375. The van der Waals surface area contributed by atoms with Gasteiger partial charge >= 0.3 is 0 Å². The van der Waals surface area contributed by atoms with E-state index in [9.17, 15) is 9.59 Å². The predicted molar refractivity (Wildman–Crippen MR) is 187 cm³/mol. The standard InChI is InChI=1S/C36H49ClN6O3/c1-6-7-8-9-10-11-12-13-14-15-16-17-30(44)38-27-21-18-25(19-22-27)35(45)39-28-24-26(20-23-29(28)46-5)33-40-34-31(37)32(36(2,3)4)41-43(34)42-33/h18-24H,6-17H2,1-5H3,(H,38,44)(H,39,45)(H,40,42). The van der Waals surface area contributed by atoms with Gasteiger partial charge in [-0.2, -0.15) is 5.10 Å². The van der Waals surface area contributed by atoms with Crippen molar-refractivity contribution in [3.63, 3.8) is 0 Å². The summed E-state index contributed by atoms with van der Waals surface area (Å²) in [4.78, 5) is 28.9. The number of benzene rings is 2. The number of hydrogen-bond donors (Lipinski definition) is 3. The molecule has 0 spiro atoms. The normalized spacial score (nSPS) is 11.6. The number of amides is 2. The second-order valence-electron chi connectivity index (χ2n) is 13.0. The smallest absolute Gasteiger partial charge is 0.255 e. The van der Waals surface area contributed by atoms with Gasteiger partial charge in [0, 0.05) is 28.7 Å². The lowest BCUT2D eigenvalue weighted by Gasteiger charge is -2.14. The zero-order chi connectivity index (χ0) is 33.1. The largest absolute Gasteiger partial charge is 0.495 e. The number of aromatic nitrogens is 4. The summed E-state index contributed by atoms with van der Waals surface area (Å²) in [5.74, 6) is 0.751. The number of nitrogens with zero attached hydrogens (tertiary/aromatic N) is 3. The number of methoxy groups -OCH3 is 1. The lowest BCUT2D eigenvalue weighted by Crippen LogP contribution is -2.14. The Balaban J connectivity index is 1.27. The fourth-order valence-corrected chi connectivity index (χ4v) is 5.88. The first kappa shape index (κ1) is 35.0. The summed E-state index contributed by atoms with van der Waals surface area (Å²) in [5, 5.41) is 15.5. The first-order chi connectivity index (χ1) is 22.1. The summed E-state index contributed by atoms with van der Waals surface area (Å²) in [6.45, 7) is 8.39. The molecule has 0 aliphatic heterocycles. The molecule has 0 unspecified atom stereocenters. The predicted octanol–water partition coefficient (Wildman–Crippen LogP) is 9.58. The van der Waals surface area contributed by atoms with Gasteiger partial charge in [-0.25, -0.2) is 0 Å². The zero-order valence-electron chi connectivity index (χ0n) is 28.0. The molecule has 2 amide bonds. The van der Waals surface area contributed by atoms with E-state index < -0.39 is 0 Å². The molecule has 2 heterocycles. The van der Waals surface area contributed by atoms with Crippen LogP contribution in [0.1, 0.15) is 121 Å². The molecular formula is C36H49ClN6O3. The van der Waals surface area contributed by atoms with Crippen LogP contribution in [0.25, 0.3) is 17.0 Å². The van der Waals surface area contributed by atoms with Crippen molar-refractivity contribution in [1.29, 1.82) is 0 Å². The van der Waals surface area contributed by atoms with Crippen LogP contribution in [-0.4, -0.2) is 38.7 Å². The summed E-state index contributed by atoms with van der Waals surface area (Å²) < 4.78 is 7.00. The van der Waals surface area contributed by atoms with Crippen molar-refractivity contribution in [2.24, 2.45) is 0 Å². The van der Waals surface area contributed by atoms with Gasteiger partial charge in [0.05, 0.1) is 18.5 Å². The number of H-pyrrole nitrogens is 1. The van der Waals surface area contributed by atoms with Crippen molar-refractivity contribution in [1.82, 2.24) is 19.8 Å². The minimum Gasteiger partial charge on any atom is -0.495 e. The number of aromatic amines is 1. The average molecular weight is 649 g/mol. The van der Waals surface area contributed by atoms with Gasteiger partial charge in [-0.15, -0.1) is 9.73 Å². The fraction of sp³-hybridized carbons (Fsp3) is 0.500. The van der Waals surface area contributed by atoms with Crippen molar-refractivity contribution in [2.45, 2.75) is 110 Å². The van der Waals surface area contributed by atoms with E-state index in [2.05, 4.69) is 32.7 Å². The Bertz CT molecular complexity index is 1590. The van der Waals surface area contributed by atoms with Crippen molar-refractivity contribution in [2.75, 3.05) is 17.7 Å².